The van der Waals surface area contributed by atoms with Gasteiger partial charge in [-0.15, -0.1) is 0 Å². The maximum atomic E-state index is 14.2. The second kappa shape index (κ2) is 16.8. The highest BCUT2D eigenvalue weighted by atomic mass is 19.4. The Labute approximate surface area is 254 Å². The van der Waals surface area contributed by atoms with Crippen LogP contribution < -0.4 is 0 Å². The van der Waals surface area contributed by atoms with Crippen LogP contribution in [0.3, 0.4) is 0 Å². The Morgan fingerprint density at radius 1 is 0.864 bits per heavy atom. The molecule has 0 spiro atoms. The van der Waals surface area contributed by atoms with Crippen molar-refractivity contribution in [2.45, 2.75) is 57.3 Å². The SMILES string of the molecule is C[C@@H]1C(OCc2ccccc2)[C@H](OC(=Nc2ccccc2)C(F)(F)F)OC(COCCCN=[N+]=[N-])[C@@H]1OCc1ccccc1. The third-order valence-electron chi connectivity index (χ3n) is 6.90. The van der Waals surface area contributed by atoms with Crippen molar-refractivity contribution in [3.63, 3.8) is 0 Å². The molecule has 12 heteroatoms. The smallest absolute Gasteiger partial charge is 0.441 e. The van der Waals surface area contributed by atoms with Crippen molar-refractivity contribution in [3.05, 3.63) is 113 Å². The van der Waals surface area contributed by atoms with Gasteiger partial charge in [0.2, 0.25) is 6.29 Å². The molecule has 0 bridgehead atoms. The Balaban J connectivity index is 1.60. The molecule has 1 aliphatic heterocycles. The van der Waals surface area contributed by atoms with E-state index in [2.05, 4.69) is 15.0 Å². The van der Waals surface area contributed by atoms with E-state index in [4.69, 9.17) is 29.2 Å². The van der Waals surface area contributed by atoms with E-state index < -0.39 is 42.6 Å². The number of halogens is 3. The Bertz CT molecular complexity index is 1340. The first kappa shape index (κ1) is 33.0. The van der Waals surface area contributed by atoms with Gasteiger partial charge in [-0.05, 0) is 35.2 Å². The zero-order chi connectivity index (χ0) is 31.2. The second-order valence-corrected chi connectivity index (χ2v) is 10.2. The van der Waals surface area contributed by atoms with Crippen LogP contribution in [0.2, 0.25) is 0 Å². The summed E-state index contributed by atoms with van der Waals surface area (Å²) >= 11 is 0. The molecule has 2 unspecified atom stereocenters. The highest BCUT2D eigenvalue weighted by Gasteiger charge is 2.49. The van der Waals surface area contributed by atoms with E-state index in [1.54, 1.807) is 18.2 Å². The van der Waals surface area contributed by atoms with Crippen molar-refractivity contribution in [3.8, 4) is 0 Å². The standard InChI is InChI=1S/C32H35F3N4O5/c1-23-28(41-20-24-12-5-2-6-13-24)27(22-40-19-11-18-37-39-36)43-30(29(23)42-21-25-14-7-3-8-15-25)44-31(32(33,34)35)38-26-16-9-4-10-17-26/h2-10,12-17,23,27-30H,11,18-22H2,1H3/t23-,27?,28+,29?,30-/m0/s1. The lowest BCUT2D eigenvalue weighted by atomic mass is 9.90. The van der Waals surface area contributed by atoms with Crippen molar-refractivity contribution in [1.29, 1.82) is 0 Å². The first-order valence-corrected chi connectivity index (χ1v) is 14.3. The van der Waals surface area contributed by atoms with Crippen LogP contribution in [0.1, 0.15) is 24.5 Å². The van der Waals surface area contributed by atoms with Gasteiger partial charge in [0, 0.05) is 24.0 Å². The normalized spacial score (nSPS) is 22.3. The minimum Gasteiger partial charge on any atom is -0.441 e. The molecule has 0 amide bonds. The zero-order valence-corrected chi connectivity index (χ0v) is 24.3. The predicted molar refractivity (Wildman–Crippen MR) is 158 cm³/mol. The molecule has 3 aromatic rings. The summed E-state index contributed by atoms with van der Waals surface area (Å²) in [6.07, 6.45) is -8.30. The maximum absolute atomic E-state index is 14.2. The summed E-state index contributed by atoms with van der Waals surface area (Å²) in [5.41, 5.74) is 10.3. The van der Waals surface area contributed by atoms with E-state index in [1.165, 1.54) is 12.1 Å². The van der Waals surface area contributed by atoms with Crippen LogP contribution in [-0.4, -0.2) is 56.4 Å². The van der Waals surface area contributed by atoms with Gasteiger partial charge in [0.1, 0.15) is 12.2 Å². The lowest BCUT2D eigenvalue weighted by molar-refractivity contribution is -0.293. The number of para-hydroxylation sites is 1. The molecule has 1 aliphatic rings. The average molecular weight is 613 g/mol. The highest BCUT2D eigenvalue weighted by Crippen LogP contribution is 2.34. The minimum atomic E-state index is -4.90. The van der Waals surface area contributed by atoms with E-state index in [0.717, 1.165) is 11.1 Å². The van der Waals surface area contributed by atoms with Crippen LogP contribution in [0.15, 0.2) is 101 Å². The van der Waals surface area contributed by atoms with Crippen molar-refractivity contribution in [1.82, 2.24) is 0 Å². The van der Waals surface area contributed by atoms with Gasteiger partial charge < -0.3 is 23.7 Å². The Kier molecular flexibility index (Phi) is 12.6. The fourth-order valence-electron chi connectivity index (χ4n) is 4.72. The third kappa shape index (κ3) is 10.1. The lowest BCUT2D eigenvalue weighted by Crippen LogP contribution is -2.58. The number of rotatable bonds is 14. The molecular weight excluding hydrogens is 577 g/mol. The number of hydrogen-bond donors (Lipinski definition) is 0. The van der Waals surface area contributed by atoms with E-state index in [-0.39, 0.29) is 38.7 Å². The summed E-state index contributed by atoms with van der Waals surface area (Å²) in [6, 6.07) is 26.5. The van der Waals surface area contributed by atoms with E-state index in [0.29, 0.717) is 6.42 Å². The first-order valence-electron chi connectivity index (χ1n) is 14.3. The summed E-state index contributed by atoms with van der Waals surface area (Å²) in [4.78, 5) is 6.48. The van der Waals surface area contributed by atoms with Crippen LogP contribution in [0.4, 0.5) is 18.9 Å². The van der Waals surface area contributed by atoms with Crippen LogP contribution in [0.25, 0.3) is 10.4 Å². The highest BCUT2D eigenvalue weighted by molar-refractivity contribution is 5.84. The molecule has 1 fully saturated rings. The van der Waals surface area contributed by atoms with Crippen molar-refractivity contribution < 1.29 is 36.9 Å². The molecule has 234 valence electrons. The summed E-state index contributed by atoms with van der Waals surface area (Å²) in [5.74, 6) is -1.93. The number of nitrogens with zero attached hydrogens (tertiary/aromatic N) is 4. The van der Waals surface area contributed by atoms with Crippen LogP contribution in [0.5, 0.6) is 0 Å². The fourth-order valence-corrected chi connectivity index (χ4v) is 4.72. The van der Waals surface area contributed by atoms with E-state index in [1.807, 2.05) is 67.6 Å². The average Bonchev–Trinajstić information content (AvgIpc) is 3.03. The van der Waals surface area contributed by atoms with Gasteiger partial charge in [-0.1, -0.05) is 90.9 Å². The Morgan fingerprint density at radius 3 is 2.00 bits per heavy atom. The van der Waals surface area contributed by atoms with Crippen molar-refractivity contribution >= 4 is 11.6 Å². The number of aliphatic imine (C=N–C) groups is 1. The second-order valence-electron chi connectivity index (χ2n) is 10.2. The van der Waals surface area contributed by atoms with Crippen molar-refractivity contribution in [2.24, 2.45) is 16.0 Å². The lowest BCUT2D eigenvalue weighted by Gasteiger charge is -2.45. The van der Waals surface area contributed by atoms with Crippen LogP contribution in [0, 0.1) is 5.92 Å². The number of hydrogen-bond acceptors (Lipinski definition) is 7. The molecule has 3 aromatic carbocycles. The number of ether oxygens (including phenoxy) is 5. The molecular formula is C32H35F3N4O5. The van der Waals surface area contributed by atoms with Gasteiger partial charge in [0.05, 0.1) is 31.6 Å². The summed E-state index contributed by atoms with van der Waals surface area (Å²) in [7, 11) is 0. The summed E-state index contributed by atoms with van der Waals surface area (Å²) in [5, 5.41) is 3.49. The predicted octanol–water partition coefficient (Wildman–Crippen LogP) is 7.54. The van der Waals surface area contributed by atoms with Gasteiger partial charge in [0.25, 0.3) is 5.90 Å². The molecule has 44 heavy (non-hydrogen) atoms. The quantitative estimate of drug-likeness (QED) is 0.0467. The monoisotopic (exact) mass is 612 g/mol. The number of benzene rings is 3. The molecule has 1 heterocycles. The van der Waals surface area contributed by atoms with Crippen LogP contribution in [-0.2, 0) is 36.9 Å². The molecule has 9 nitrogen and oxygen atoms in total. The largest absolute Gasteiger partial charge is 0.468 e. The molecule has 5 atom stereocenters. The van der Waals surface area contributed by atoms with Crippen molar-refractivity contribution in [2.75, 3.05) is 19.8 Å². The summed E-state index contributed by atoms with van der Waals surface area (Å²) < 4.78 is 72.8. The third-order valence-corrected chi connectivity index (χ3v) is 6.90. The fraction of sp³-hybridized carbons (Fsp3) is 0.406. The Morgan fingerprint density at radius 2 is 1.43 bits per heavy atom. The van der Waals surface area contributed by atoms with E-state index in [9.17, 15) is 13.2 Å². The van der Waals surface area contributed by atoms with Gasteiger partial charge in [-0.3, -0.25) is 0 Å². The molecule has 0 N–H and O–H groups in total. The maximum Gasteiger partial charge on any atom is 0.468 e. The molecule has 1 saturated heterocycles. The van der Waals surface area contributed by atoms with Gasteiger partial charge in [0.15, 0.2) is 0 Å². The number of azide groups is 1. The van der Waals surface area contributed by atoms with E-state index >= 15 is 0 Å². The molecule has 0 aliphatic carbocycles. The Hall–Kier alpha value is -3.93. The van der Waals surface area contributed by atoms with Crippen LogP contribution >= 0.6 is 0 Å². The molecule has 0 radical (unpaired) electrons. The first-order chi connectivity index (χ1) is 21.3. The topological polar surface area (TPSA) is 107 Å². The van der Waals surface area contributed by atoms with Gasteiger partial charge in [-0.25, -0.2) is 4.99 Å². The zero-order valence-electron chi connectivity index (χ0n) is 24.3. The molecule has 4 rings (SSSR count). The minimum absolute atomic E-state index is 0.00249. The molecule has 0 aromatic heterocycles. The number of alkyl halides is 3. The van der Waals surface area contributed by atoms with Gasteiger partial charge in [-0.2, -0.15) is 13.2 Å². The summed E-state index contributed by atoms with van der Waals surface area (Å²) in [6.45, 7) is 2.69. The van der Waals surface area contributed by atoms with Gasteiger partial charge >= 0.3 is 6.18 Å². The molecule has 0 saturated carbocycles.